The van der Waals surface area contributed by atoms with Gasteiger partial charge in [-0.2, -0.15) is 4.98 Å². The Morgan fingerprint density at radius 2 is 1.73 bits per heavy atom. The summed E-state index contributed by atoms with van der Waals surface area (Å²) in [5.74, 6) is 1.54. The monoisotopic (exact) mass is 387 g/mol. The molecule has 1 saturated heterocycles. The van der Waals surface area contributed by atoms with Crippen LogP contribution in [0.1, 0.15) is 0 Å². The van der Waals surface area contributed by atoms with E-state index in [1.165, 1.54) is 0 Å². The Morgan fingerprint density at radius 3 is 2.42 bits per heavy atom. The van der Waals surface area contributed by atoms with Crippen molar-refractivity contribution in [2.24, 2.45) is 0 Å². The molecule has 1 aromatic carbocycles. The Hall–Kier alpha value is -2.29. The van der Waals surface area contributed by atoms with E-state index in [1.54, 1.807) is 12.4 Å². The molecular formula is C17H18ClN7S. The lowest BCUT2D eigenvalue weighted by molar-refractivity contribution is 0.194. The van der Waals surface area contributed by atoms with Crippen LogP contribution < -0.4 is 4.90 Å². The number of hydrogen-bond acceptors (Lipinski definition) is 6. The highest BCUT2D eigenvalue weighted by Crippen LogP contribution is 2.18. The number of piperazine rings is 1. The summed E-state index contributed by atoms with van der Waals surface area (Å²) in [6.07, 6.45) is 3.55. The van der Waals surface area contributed by atoms with E-state index in [1.807, 2.05) is 35.0 Å². The Bertz CT molecular complexity index is 914. The van der Waals surface area contributed by atoms with Crippen molar-refractivity contribution in [2.45, 2.75) is 6.67 Å². The van der Waals surface area contributed by atoms with Crippen molar-refractivity contribution in [3.63, 3.8) is 0 Å². The predicted octanol–water partition coefficient (Wildman–Crippen LogP) is 2.83. The first-order chi connectivity index (χ1) is 12.7. The fraction of sp³-hybridized carbons (Fsp3) is 0.294. The van der Waals surface area contributed by atoms with Gasteiger partial charge < -0.3 is 4.90 Å². The number of H-pyrrole nitrogens is 1. The molecule has 9 heteroatoms. The van der Waals surface area contributed by atoms with Gasteiger partial charge in [-0.1, -0.05) is 11.6 Å². The Morgan fingerprint density at radius 1 is 1.04 bits per heavy atom. The summed E-state index contributed by atoms with van der Waals surface area (Å²) in [6, 6.07) is 9.38. The van der Waals surface area contributed by atoms with E-state index in [4.69, 9.17) is 23.8 Å². The van der Waals surface area contributed by atoms with E-state index in [2.05, 4.69) is 29.9 Å². The number of anilines is 1. The van der Waals surface area contributed by atoms with Crippen LogP contribution in [0.4, 0.5) is 5.95 Å². The predicted molar refractivity (Wildman–Crippen MR) is 104 cm³/mol. The highest BCUT2D eigenvalue weighted by atomic mass is 35.5. The zero-order chi connectivity index (χ0) is 17.9. The van der Waals surface area contributed by atoms with E-state index >= 15 is 0 Å². The molecule has 1 N–H and O–H groups in total. The lowest BCUT2D eigenvalue weighted by Crippen LogP contribution is -2.47. The number of benzene rings is 1. The molecule has 0 radical (unpaired) electrons. The molecule has 4 rings (SSSR count). The van der Waals surface area contributed by atoms with Crippen LogP contribution in [-0.2, 0) is 6.67 Å². The summed E-state index contributed by atoms with van der Waals surface area (Å²) in [7, 11) is 0. The molecule has 2 aromatic heterocycles. The van der Waals surface area contributed by atoms with Gasteiger partial charge >= 0.3 is 0 Å². The quantitative estimate of drug-likeness (QED) is 0.694. The zero-order valence-corrected chi connectivity index (χ0v) is 15.6. The number of rotatable bonds is 4. The van der Waals surface area contributed by atoms with E-state index < -0.39 is 0 Å². The third-order valence-corrected chi connectivity index (χ3v) is 4.91. The van der Waals surface area contributed by atoms with Crippen molar-refractivity contribution >= 4 is 29.8 Å². The van der Waals surface area contributed by atoms with Gasteiger partial charge in [-0.05, 0) is 42.5 Å². The summed E-state index contributed by atoms with van der Waals surface area (Å²) in [4.78, 5) is 17.6. The first-order valence-electron chi connectivity index (χ1n) is 8.36. The summed E-state index contributed by atoms with van der Waals surface area (Å²) in [6.45, 7) is 4.28. The maximum absolute atomic E-state index is 5.94. The standard InChI is InChI=1S/C17H18ClN7S/c18-14-4-2-13(3-5-14)15-21-17(26)25(22-15)12-23-8-10-24(11-9-23)16-19-6-1-7-20-16/h1-7H,8-12H2,(H,21,22,26). The van der Waals surface area contributed by atoms with Crippen molar-refractivity contribution in [2.75, 3.05) is 31.1 Å². The minimum absolute atomic E-state index is 0.545. The van der Waals surface area contributed by atoms with Gasteiger partial charge in [-0.15, -0.1) is 0 Å². The van der Waals surface area contributed by atoms with Crippen LogP contribution >= 0.6 is 23.8 Å². The molecule has 7 nitrogen and oxygen atoms in total. The van der Waals surface area contributed by atoms with Crippen molar-refractivity contribution in [1.29, 1.82) is 0 Å². The smallest absolute Gasteiger partial charge is 0.225 e. The molecule has 0 atom stereocenters. The SMILES string of the molecule is S=c1nc(-c2ccc(Cl)cc2)[nH]n1CN1CCN(c2ncccn2)CC1. The van der Waals surface area contributed by atoms with Crippen LogP contribution in [0.25, 0.3) is 11.4 Å². The number of nitrogens with zero attached hydrogens (tertiary/aromatic N) is 6. The second-order valence-electron chi connectivity index (χ2n) is 6.09. The van der Waals surface area contributed by atoms with Crippen molar-refractivity contribution in [3.8, 4) is 11.4 Å². The average molecular weight is 388 g/mol. The summed E-state index contributed by atoms with van der Waals surface area (Å²) in [5, 5.41) is 3.99. The van der Waals surface area contributed by atoms with Gasteiger partial charge in [0.1, 0.15) is 0 Å². The second kappa shape index (κ2) is 7.53. The van der Waals surface area contributed by atoms with Crippen molar-refractivity contribution in [3.05, 3.63) is 52.5 Å². The molecule has 0 spiro atoms. The van der Waals surface area contributed by atoms with Crippen LogP contribution in [0.15, 0.2) is 42.7 Å². The normalized spacial score (nSPS) is 15.3. The van der Waals surface area contributed by atoms with Crippen LogP contribution in [-0.4, -0.2) is 55.8 Å². The molecule has 1 aliphatic heterocycles. The molecule has 1 aliphatic rings. The molecular weight excluding hydrogens is 370 g/mol. The fourth-order valence-corrected chi connectivity index (χ4v) is 3.25. The molecule has 0 bridgehead atoms. The van der Waals surface area contributed by atoms with Gasteiger partial charge in [-0.3, -0.25) is 10.00 Å². The number of nitrogens with one attached hydrogen (secondary N) is 1. The van der Waals surface area contributed by atoms with Gasteiger partial charge in [0.2, 0.25) is 10.7 Å². The van der Waals surface area contributed by atoms with Gasteiger partial charge in [0, 0.05) is 49.2 Å². The first kappa shape index (κ1) is 17.1. The lowest BCUT2D eigenvalue weighted by Gasteiger charge is -2.34. The molecule has 134 valence electrons. The third kappa shape index (κ3) is 3.77. The highest BCUT2D eigenvalue weighted by Gasteiger charge is 2.19. The first-order valence-corrected chi connectivity index (χ1v) is 9.15. The number of aromatic amines is 1. The average Bonchev–Trinajstić information content (AvgIpc) is 3.04. The molecule has 0 unspecified atom stereocenters. The highest BCUT2D eigenvalue weighted by molar-refractivity contribution is 7.71. The van der Waals surface area contributed by atoms with Crippen LogP contribution in [0.3, 0.4) is 0 Å². The van der Waals surface area contributed by atoms with Gasteiger partial charge in [0.25, 0.3) is 0 Å². The van der Waals surface area contributed by atoms with Crippen LogP contribution in [0, 0.1) is 4.77 Å². The fourth-order valence-electron chi connectivity index (χ4n) is 2.93. The van der Waals surface area contributed by atoms with Gasteiger partial charge in [0.15, 0.2) is 5.82 Å². The van der Waals surface area contributed by atoms with Crippen LogP contribution in [0.5, 0.6) is 0 Å². The van der Waals surface area contributed by atoms with Gasteiger partial charge in [-0.25, -0.2) is 14.6 Å². The Labute approximate surface area is 161 Å². The van der Waals surface area contributed by atoms with Crippen molar-refractivity contribution in [1.82, 2.24) is 29.6 Å². The summed E-state index contributed by atoms with van der Waals surface area (Å²) < 4.78 is 2.44. The van der Waals surface area contributed by atoms with E-state index in [0.717, 1.165) is 43.5 Å². The Balaban J connectivity index is 1.41. The number of aromatic nitrogens is 5. The maximum atomic E-state index is 5.94. The molecule has 0 saturated carbocycles. The zero-order valence-electron chi connectivity index (χ0n) is 14.0. The van der Waals surface area contributed by atoms with Gasteiger partial charge in [0.05, 0.1) is 6.67 Å². The van der Waals surface area contributed by atoms with E-state index in [0.29, 0.717) is 16.5 Å². The molecule has 0 amide bonds. The van der Waals surface area contributed by atoms with Crippen molar-refractivity contribution < 1.29 is 0 Å². The molecule has 1 fully saturated rings. The topological polar surface area (TPSA) is 65.9 Å². The summed E-state index contributed by atoms with van der Waals surface area (Å²) >= 11 is 11.3. The number of hydrogen-bond donors (Lipinski definition) is 1. The second-order valence-corrected chi connectivity index (χ2v) is 6.89. The molecule has 26 heavy (non-hydrogen) atoms. The lowest BCUT2D eigenvalue weighted by atomic mass is 10.2. The number of halogens is 1. The molecule has 0 aliphatic carbocycles. The third-order valence-electron chi connectivity index (χ3n) is 4.35. The maximum Gasteiger partial charge on any atom is 0.225 e. The minimum Gasteiger partial charge on any atom is -0.338 e. The largest absolute Gasteiger partial charge is 0.338 e. The van der Waals surface area contributed by atoms with E-state index in [9.17, 15) is 0 Å². The van der Waals surface area contributed by atoms with E-state index in [-0.39, 0.29) is 0 Å². The van der Waals surface area contributed by atoms with Crippen LogP contribution in [0.2, 0.25) is 5.02 Å². The molecule has 3 heterocycles. The Kier molecular flexibility index (Phi) is 4.96. The molecule has 3 aromatic rings. The summed E-state index contributed by atoms with van der Waals surface area (Å²) in [5.41, 5.74) is 0.963. The minimum atomic E-state index is 0.545.